The maximum Gasteiger partial charge on any atom is 0.257 e. The third-order valence-corrected chi connectivity index (χ3v) is 2.97. The van der Waals surface area contributed by atoms with E-state index in [4.69, 9.17) is 0 Å². The van der Waals surface area contributed by atoms with Gasteiger partial charge in [-0.25, -0.2) is 0 Å². The van der Waals surface area contributed by atoms with E-state index in [1.165, 1.54) is 10.9 Å². The van der Waals surface area contributed by atoms with Crippen LogP contribution in [0.3, 0.4) is 0 Å². The second-order valence-electron chi connectivity index (χ2n) is 4.53. The normalized spacial score (nSPS) is 12.2. The van der Waals surface area contributed by atoms with Crippen molar-refractivity contribution >= 4 is 5.91 Å². The summed E-state index contributed by atoms with van der Waals surface area (Å²) < 4.78 is 14.6. The number of nitrogens with zero attached hydrogens (tertiary/aromatic N) is 2. The van der Waals surface area contributed by atoms with E-state index in [1.807, 2.05) is 37.3 Å². The highest BCUT2D eigenvalue weighted by Gasteiger charge is 2.16. The van der Waals surface area contributed by atoms with Crippen molar-refractivity contribution in [2.24, 2.45) is 7.05 Å². The summed E-state index contributed by atoms with van der Waals surface area (Å²) in [6.07, 6.45) is 1.37. The van der Waals surface area contributed by atoms with Crippen LogP contribution in [0.15, 0.2) is 36.5 Å². The maximum absolute atomic E-state index is 13.3. The number of hydrogen-bond acceptors (Lipinski definition) is 2. The lowest BCUT2D eigenvalue weighted by molar-refractivity contribution is 0.0947. The van der Waals surface area contributed by atoms with Crippen LogP contribution in [0.25, 0.3) is 0 Å². The number of rotatable bonds is 4. The Bertz CT molecular complexity index is 565. The number of aromatic nitrogens is 2. The van der Waals surface area contributed by atoms with Gasteiger partial charge in [-0.1, -0.05) is 37.3 Å². The van der Waals surface area contributed by atoms with E-state index in [1.54, 1.807) is 7.05 Å². The molecule has 100 valence electrons. The topological polar surface area (TPSA) is 46.9 Å². The van der Waals surface area contributed by atoms with Crippen molar-refractivity contribution in [3.8, 4) is 0 Å². The van der Waals surface area contributed by atoms with E-state index in [2.05, 4.69) is 10.4 Å². The second-order valence-corrected chi connectivity index (χ2v) is 4.53. The number of carbonyl (C=O) groups excluding carboxylic acids is 1. The summed E-state index contributed by atoms with van der Waals surface area (Å²) in [5.41, 5.74) is 1.11. The molecule has 0 spiro atoms. The van der Waals surface area contributed by atoms with Crippen LogP contribution in [0.5, 0.6) is 0 Å². The highest BCUT2D eigenvalue weighted by Crippen LogP contribution is 2.13. The van der Waals surface area contributed by atoms with E-state index < -0.39 is 11.9 Å². The molecule has 0 saturated heterocycles. The Balaban J connectivity index is 1.96. The lowest BCUT2D eigenvalue weighted by Crippen LogP contribution is -2.27. The van der Waals surface area contributed by atoms with Crippen LogP contribution in [-0.4, -0.2) is 22.2 Å². The monoisotopic (exact) mass is 261 g/mol. The SMILES string of the molecule is CC(CNC(=O)c1cn(C)nc1F)c1ccccc1. The molecule has 0 aliphatic heterocycles. The average Bonchev–Trinajstić information content (AvgIpc) is 2.75. The molecule has 1 unspecified atom stereocenters. The van der Waals surface area contributed by atoms with Crippen LogP contribution in [0.2, 0.25) is 0 Å². The number of carbonyl (C=O) groups is 1. The minimum atomic E-state index is -0.743. The molecule has 0 radical (unpaired) electrons. The molecule has 4 nitrogen and oxygen atoms in total. The van der Waals surface area contributed by atoms with Crippen molar-refractivity contribution in [1.82, 2.24) is 15.1 Å². The Morgan fingerprint density at radius 2 is 2.11 bits per heavy atom. The summed E-state index contributed by atoms with van der Waals surface area (Å²) in [5, 5.41) is 6.23. The van der Waals surface area contributed by atoms with Gasteiger partial charge < -0.3 is 5.32 Å². The molecule has 1 aromatic heterocycles. The Hall–Kier alpha value is -2.17. The molecule has 1 aromatic carbocycles. The maximum atomic E-state index is 13.3. The van der Waals surface area contributed by atoms with Gasteiger partial charge in [0.05, 0.1) is 0 Å². The first-order valence-electron chi connectivity index (χ1n) is 6.10. The van der Waals surface area contributed by atoms with Gasteiger partial charge in [-0.05, 0) is 11.5 Å². The predicted octanol–water partition coefficient (Wildman–Crippen LogP) is 2.09. The summed E-state index contributed by atoms with van der Waals surface area (Å²) in [4.78, 5) is 11.8. The lowest BCUT2D eigenvalue weighted by atomic mass is 10.0. The van der Waals surface area contributed by atoms with Crippen LogP contribution in [0.4, 0.5) is 4.39 Å². The molecule has 1 heterocycles. The van der Waals surface area contributed by atoms with Gasteiger partial charge >= 0.3 is 0 Å². The van der Waals surface area contributed by atoms with Gasteiger partial charge in [0.15, 0.2) is 0 Å². The molecule has 1 atom stereocenters. The molecule has 0 aliphatic carbocycles. The molecule has 0 bridgehead atoms. The number of benzene rings is 1. The number of aryl methyl sites for hydroxylation is 1. The Morgan fingerprint density at radius 3 is 2.68 bits per heavy atom. The number of nitrogens with one attached hydrogen (secondary N) is 1. The second kappa shape index (κ2) is 5.65. The van der Waals surface area contributed by atoms with E-state index >= 15 is 0 Å². The van der Waals surface area contributed by atoms with Crippen molar-refractivity contribution in [3.05, 3.63) is 53.6 Å². The highest BCUT2D eigenvalue weighted by atomic mass is 19.1. The van der Waals surface area contributed by atoms with Crippen molar-refractivity contribution < 1.29 is 9.18 Å². The van der Waals surface area contributed by atoms with Gasteiger partial charge in [-0.3, -0.25) is 9.48 Å². The molecule has 0 saturated carbocycles. The molecule has 1 amide bonds. The van der Waals surface area contributed by atoms with E-state index in [9.17, 15) is 9.18 Å². The van der Waals surface area contributed by atoms with Crippen LogP contribution in [0, 0.1) is 5.95 Å². The van der Waals surface area contributed by atoms with Gasteiger partial charge in [-0.2, -0.15) is 4.39 Å². The fourth-order valence-corrected chi connectivity index (χ4v) is 1.85. The zero-order valence-corrected chi connectivity index (χ0v) is 10.9. The standard InChI is InChI=1S/C14H16FN3O/c1-10(11-6-4-3-5-7-11)8-16-14(19)12-9-18(2)17-13(12)15/h3-7,9-10H,8H2,1-2H3,(H,16,19). The first-order valence-corrected chi connectivity index (χ1v) is 6.10. The molecule has 0 fully saturated rings. The lowest BCUT2D eigenvalue weighted by Gasteiger charge is -2.12. The highest BCUT2D eigenvalue weighted by molar-refractivity contribution is 5.93. The van der Waals surface area contributed by atoms with Crippen molar-refractivity contribution in [2.45, 2.75) is 12.8 Å². The first-order chi connectivity index (χ1) is 9.08. The Morgan fingerprint density at radius 1 is 1.42 bits per heavy atom. The minimum absolute atomic E-state index is 0.0252. The van der Waals surface area contributed by atoms with Crippen molar-refractivity contribution in [2.75, 3.05) is 6.54 Å². The van der Waals surface area contributed by atoms with Gasteiger partial charge in [-0.15, -0.1) is 5.10 Å². The van der Waals surface area contributed by atoms with Crippen LogP contribution in [-0.2, 0) is 7.05 Å². The van der Waals surface area contributed by atoms with E-state index in [0.29, 0.717) is 6.54 Å². The zero-order valence-electron chi connectivity index (χ0n) is 10.9. The molecule has 2 rings (SSSR count). The summed E-state index contributed by atoms with van der Waals surface area (Å²) in [6, 6.07) is 9.85. The van der Waals surface area contributed by atoms with Crippen molar-refractivity contribution in [1.29, 1.82) is 0 Å². The first kappa shape index (κ1) is 13.3. The summed E-state index contributed by atoms with van der Waals surface area (Å²) in [5.74, 6) is -1.01. The fraction of sp³-hybridized carbons (Fsp3) is 0.286. The van der Waals surface area contributed by atoms with Crippen LogP contribution >= 0.6 is 0 Å². The molecule has 19 heavy (non-hydrogen) atoms. The number of hydrogen-bond donors (Lipinski definition) is 1. The predicted molar refractivity (Wildman–Crippen MR) is 70.4 cm³/mol. The van der Waals surface area contributed by atoms with Gasteiger partial charge in [0.25, 0.3) is 5.91 Å². The molecule has 5 heteroatoms. The summed E-state index contributed by atoms with van der Waals surface area (Å²) in [6.45, 7) is 2.46. The van der Waals surface area contributed by atoms with E-state index in [0.717, 1.165) is 5.56 Å². The van der Waals surface area contributed by atoms with Gasteiger partial charge in [0.1, 0.15) is 5.56 Å². The number of halogens is 1. The largest absolute Gasteiger partial charge is 0.351 e. The van der Waals surface area contributed by atoms with E-state index in [-0.39, 0.29) is 11.5 Å². The number of amides is 1. The zero-order chi connectivity index (χ0) is 13.8. The van der Waals surface area contributed by atoms with Gasteiger partial charge in [0.2, 0.25) is 5.95 Å². The molecule has 1 N–H and O–H groups in total. The van der Waals surface area contributed by atoms with Crippen LogP contribution in [0.1, 0.15) is 28.8 Å². The molecule has 0 aliphatic rings. The Labute approximate surface area is 111 Å². The fourth-order valence-electron chi connectivity index (χ4n) is 1.85. The van der Waals surface area contributed by atoms with Crippen LogP contribution < -0.4 is 5.32 Å². The third-order valence-electron chi connectivity index (χ3n) is 2.97. The smallest absolute Gasteiger partial charge is 0.257 e. The summed E-state index contributed by atoms with van der Waals surface area (Å²) in [7, 11) is 1.58. The summed E-state index contributed by atoms with van der Waals surface area (Å²) >= 11 is 0. The quantitative estimate of drug-likeness (QED) is 0.916. The molecular weight excluding hydrogens is 245 g/mol. The Kier molecular flexibility index (Phi) is 3.94. The molecular formula is C14H16FN3O. The molecule has 2 aromatic rings. The minimum Gasteiger partial charge on any atom is -0.351 e. The van der Waals surface area contributed by atoms with Gasteiger partial charge in [0, 0.05) is 19.8 Å². The van der Waals surface area contributed by atoms with Crippen molar-refractivity contribution in [3.63, 3.8) is 0 Å². The third kappa shape index (κ3) is 3.19. The average molecular weight is 261 g/mol.